The van der Waals surface area contributed by atoms with E-state index in [2.05, 4.69) is 5.32 Å². The number of nitrogens with zero attached hydrogens (tertiary/aromatic N) is 1. The third kappa shape index (κ3) is 3.23. The Balaban J connectivity index is 2.32. The van der Waals surface area contributed by atoms with Crippen LogP contribution in [0.15, 0.2) is 47.7 Å². The summed E-state index contributed by atoms with van der Waals surface area (Å²) < 4.78 is 10.3. The molecule has 2 aromatic rings. The van der Waals surface area contributed by atoms with Crippen LogP contribution in [0.5, 0.6) is 5.75 Å². The smallest absolute Gasteiger partial charge is 0.337 e. The van der Waals surface area contributed by atoms with Gasteiger partial charge in [-0.3, -0.25) is 4.79 Å². The summed E-state index contributed by atoms with van der Waals surface area (Å²) >= 11 is 0. The van der Waals surface area contributed by atoms with Crippen LogP contribution in [0.3, 0.4) is 0 Å². The van der Waals surface area contributed by atoms with Gasteiger partial charge in [-0.15, -0.1) is 0 Å². The normalized spacial score (nSPS) is 17.0. The van der Waals surface area contributed by atoms with Gasteiger partial charge in [0.25, 0.3) is 0 Å². The average molecular weight is 368 g/mol. The summed E-state index contributed by atoms with van der Waals surface area (Å²) in [5, 5.41) is 4.47. The van der Waals surface area contributed by atoms with Gasteiger partial charge in [0, 0.05) is 25.2 Å². The molecule has 1 heterocycles. The fourth-order valence-electron chi connectivity index (χ4n) is 3.24. The minimum Gasteiger partial charge on any atom is -0.466 e. The predicted octanol–water partition coefficient (Wildman–Crippen LogP) is 2.91. The quantitative estimate of drug-likeness (QED) is 0.665. The molecule has 27 heavy (non-hydrogen) atoms. The molecule has 0 radical (unpaired) electrons. The van der Waals surface area contributed by atoms with Gasteiger partial charge < -0.3 is 19.7 Å². The van der Waals surface area contributed by atoms with E-state index in [1.54, 1.807) is 20.0 Å². The van der Waals surface area contributed by atoms with Crippen LogP contribution in [0.4, 0.5) is 4.79 Å². The Morgan fingerprint density at radius 1 is 1.15 bits per heavy atom. The van der Waals surface area contributed by atoms with Crippen molar-refractivity contribution in [2.24, 2.45) is 0 Å². The molecule has 0 aromatic heterocycles. The van der Waals surface area contributed by atoms with Gasteiger partial charge in [-0.1, -0.05) is 30.3 Å². The molecule has 1 unspecified atom stereocenters. The molecule has 7 heteroatoms. The maximum atomic E-state index is 12.5. The number of nitrogens with one attached hydrogen (secondary N) is 1. The highest BCUT2D eigenvalue weighted by Crippen LogP contribution is 2.40. The summed E-state index contributed by atoms with van der Waals surface area (Å²) in [5.74, 6) is -0.776. The van der Waals surface area contributed by atoms with E-state index in [0.717, 1.165) is 10.8 Å². The van der Waals surface area contributed by atoms with Crippen molar-refractivity contribution >= 4 is 28.7 Å². The Bertz CT molecular complexity index is 979. The lowest BCUT2D eigenvalue weighted by atomic mass is 9.90. The molecule has 3 rings (SSSR count). The summed E-state index contributed by atoms with van der Waals surface area (Å²) in [4.78, 5) is 37.9. The molecule has 2 aromatic carbocycles. The Morgan fingerprint density at radius 3 is 2.52 bits per heavy atom. The van der Waals surface area contributed by atoms with Crippen LogP contribution in [-0.4, -0.2) is 37.0 Å². The third-order valence-corrected chi connectivity index (χ3v) is 4.63. The first-order chi connectivity index (χ1) is 12.8. The summed E-state index contributed by atoms with van der Waals surface area (Å²) in [7, 11) is 2.85. The lowest BCUT2D eigenvalue weighted by molar-refractivity contribution is -0.136. The van der Waals surface area contributed by atoms with Crippen LogP contribution in [-0.2, 0) is 14.3 Å². The van der Waals surface area contributed by atoms with Gasteiger partial charge in [0.15, 0.2) is 0 Å². The lowest BCUT2D eigenvalue weighted by Crippen LogP contribution is -2.46. The highest BCUT2D eigenvalue weighted by atomic mass is 16.5. The molecule has 7 nitrogen and oxygen atoms in total. The molecule has 1 aliphatic rings. The number of rotatable bonds is 3. The molecule has 2 amide bonds. The summed E-state index contributed by atoms with van der Waals surface area (Å²) in [6, 6.07) is 9.78. The number of carbonyl (C=O) groups is 3. The summed E-state index contributed by atoms with van der Waals surface area (Å²) in [6.45, 7) is 2.98. The fourth-order valence-corrected chi connectivity index (χ4v) is 3.24. The molecular formula is C20H20N2O5. The molecule has 0 saturated heterocycles. The molecule has 1 aliphatic heterocycles. The second-order valence-corrected chi connectivity index (χ2v) is 6.22. The van der Waals surface area contributed by atoms with Crippen LogP contribution >= 0.6 is 0 Å². The largest absolute Gasteiger partial charge is 0.466 e. The number of fused-ring (bicyclic) bond motifs is 1. The van der Waals surface area contributed by atoms with Crippen molar-refractivity contribution in [2.45, 2.75) is 19.9 Å². The number of allylic oxidation sites excluding steroid dienone is 1. The van der Waals surface area contributed by atoms with Crippen LogP contribution in [0.2, 0.25) is 0 Å². The highest BCUT2D eigenvalue weighted by molar-refractivity contribution is 5.98. The molecule has 1 atom stereocenters. The number of urea groups is 1. The fraction of sp³-hybridized carbons (Fsp3) is 0.250. The number of methoxy groups -OCH3 is 1. The molecule has 0 fully saturated rings. The zero-order valence-electron chi connectivity index (χ0n) is 15.5. The molecule has 0 saturated carbocycles. The number of benzene rings is 2. The van der Waals surface area contributed by atoms with Gasteiger partial charge in [0.2, 0.25) is 0 Å². The van der Waals surface area contributed by atoms with Crippen LogP contribution in [0.1, 0.15) is 25.5 Å². The van der Waals surface area contributed by atoms with E-state index in [-0.39, 0.29) is 17.4 Å². The number of amides is 2. The van der Waals surface area contributed by atoms with E-state index < -0.39 is 18.0 Å². The molecular weight excluding hydrogens is 348 g/mol. The van der Waals surface area contributed by atoms with Crippen molar-refractivity contribution < 1.29 is 23.9 Å². The van der Waals surface area contributed by atoms with E-state index in [9.17, 15) is 14.4 Å². The number of hydrogen-bond donors (Lipinski definition) is 1. The van der Waals surface area contributed by atoms with Crippen molar-refractivity contribution in [3.63, 3.8) is 0 Å². The first-order valence-corrected chi connectivity index (χ1v) is 8.38. The number of ether oxygens (including phenoxy) is 2. The van der Waals surface area contributed by atoms with Crippen LogP contribution < -0.4 is 10.1 Å². The van der Waals surface area contributed by atoms with Crippen molar-refractivity contribution in [1.29, 1.82) is 0 Å². The lowest BCUT2D eigenvalue weighted by Gasteiger charge is -2.34. The van der Waals surface area contributed by atoms with Crippen LogP contribution in [0.25, 0.3) is 10.8 Å². The first kappa shape index (κ1) is 18.4. The number of esters is 2. The van der Waals surface area contributed by atoms with Gasteiger partial charge in [-0.05, 0) is 23.8 Å². The molecule has 0 bridgehead atoms. The highest BCUT2D eigenvalue weighted by Gasteiger charge is 2.37. The topological polar surface area (TPSA) is 84.9 Å². The van der Waals surface area contributed by atoms with Gasteiger partial charge in [0.05, 0.1) is 18.7 Å². The van der Waals surface area contributed by atoms with E-state index >= 15 is 0 Å². The zero-order chi connectivity index (χ0) is 19.7. The van der Waals surface area contributed by atoms with E-state index in [0.29, 0.717) is 11.3 Å². The minimum absolute atomic E-state index is 0.282. The first-order valence-electron chi connectivity index (χ1n) is 8.38. The molecule has 0 spiro atoms. The zero-order valence-corrected chi connectivity index (χ0v) is 15.5. The Hall–Kier alpha value is -3.35. The maximum absolute atomic E-state index is 12.5. The Labute approximate surface area is 156 Å². The summed E-state index contributed by atoms with van der Waals surface area (Å²) in [5.41, 5.74) is 1.28. The van der Waals surface area contributed by atoms with Gasteiger partial charge in [0.1, 0.15) is 5.75 Å². The van der Waals surface area contributed by atoms with Gasteiger partial charge >= 0.3 is 18.0 Å². The molecule has 0 aliphatic carbocycles. The van der Waals surface area contributed by atoms with Crippen molar-refractivity contribution in [2.75, 3.05) is 14.2 Å². The standard InChI is InChI=1S/C20H20N2O5/c1-11-16(19(24)26-4)18(21-20(25)22(11)3)17-14-8-6-5-7-13(14)9-10-15(17)27-12(2)23/h5-10,18H,1-4H3,(H,21,25). The van der Waals surface area contributed by atoms with Crippen molar-refractivity contribution in [3.8, 4) is 5.75 Å². The number of carbonyl (C=O) groups excluding carboxylic acids is 3. The van der Waals surface area contributed by atoms with E-state index in [1.165, 1.54) is 18.9 Å². The molecule has 1 N–H and O–H groups in total. The summed E-state index contributed by atoms with van der Waals surface area (Å²) in [6.07, 6.45) is 0. The van der Waals surface area contributed by atoms with E-state index in [1.807, 2.05) is 30.3 Å². The minimum atomic E-state index is -0.818. The number of hydrogen-bond acceptors (Lipinski definition) is 5. The third-order valence-electron chi connectivity index (χ3n) is 4.63. The van der Waals surface area contributed by atoms with Gasteiger partial charge in [-0.2, -0.15) is 0 Å². The van der Waals surface area contributed by atoms with E-state index in [4.69, 9.17) is 9.47 Å². The Kier molecular flexibility index (Phi) is 4.85. The average Bonchev–Trinajstić information content (AvgIpc) is 2.64. The SMILES string of the molecule is COC(=O)C1=C(C)N(C)C(=O)NC1c1c(OC(C)=O)ccc2ccccc12. The van der Waals surface area contributed by atoms with Crippen LogP contribution in [0, 0.1) is 0 Å². The molecule has 140 valence electrons. The Morgan fingerprint density at radius 2 is 1.85 bits per heavy atom. The van der Waals surface area contributed by atoms with Gasteiger partial charge in [-0.25, -0.2) is 9.59 Å². The predicted molar refractivity (Wildman–Crippen MR) is 99.0 cm³/mol. The monoisotopic (exact) mass is 368 g/mol. The second-order valence-electron chi connectivity index (χ2n) is 6.22. The van der Waals surface area contributed by atoms with Crippen molar-refractivity contribution in [1.82, 2.24) is 10.2 Å². The maximum Gasteiger partial charge on any atom is 0.337 e. The second kappa shape index (κ2) is 7.11. The van der Waals surface area contributed by atoms with Crippen molar-refractivity contribution in [3.05, 3.63) is 53.2 Å².